The van der Waals surface area contributed by atoms with Crippen molar-refractivity contribution in [1.82, 2.24) is 4.90 Å². The summed E-state index contributed by atoms with van der Waals surface area (Å²) in [6.45, 7) is 8.16. The van der Waals surface area contributed by atoms with E-state index < -0.39 is 0 Å². The fourth-order valence-corrected chi connectivity index (χ4v) is 1.55. The lowest BCUT2D eigenvalue weighted by Gasteiger charge is -2.25. The molecule has 1 heterocycles. The van der Waals surface area contributed by atoms with Crippen molar-refractivity contribution in [2.75, 3.05) is 46.0 Å². The van der Waals surface area contributed by atoms with Gasteiger partial charge in [0, 0.05) is 32.8 Å². The maximum Gasteiger partial charge on any atom is 0.0594 e. The molecule has 0 radical (unpaired) electrons. The van der Waals surface area contributed by atoms with E-state index in [2.05, 4.69) is 11.8 Å². The molecule has 0 aromatic heterocycles. The Morgan fingerprint density at radius 2 is 1.88 bits per heavy atom. The number of hydrogen-bond acceptors (Lipinski definition) is 4. The Bertz CT molecular complexity index is 121. The van der Waals surface area contributed by atoms with Gasteiger partial charge in [-0.15, -0.1) is 0 Å². The smallest absolute Gasteiger partial charge is 0.0594 e. The van der Waals surface area contributed by atoms with Crippen LogP contribution in [-0.4, -0.2) is 56.0 Å². The molecule has 0 amide bonds. The molecule has 1 rings (SSSR count). The van der Waals surface area contributed by atoms with Gasteiger partial charge < -0.3 is 15.6 Å². The molecule has 1 saturated heterocycles. The second-order valence-corrected chi connectivity index (χ2v) is 4.03. The van der Waals surface area contributed by atoms with Crippen LogP contribution in [0.3, 0.4) is 0 Å². The normalized spacial score (nSPS) is 16.7. The molecule has 0 unspecified atom stereocenters. The van der Waals surface area contributed by atoms with E-state index in [1.54, 1.807) is 0 Å². The van der Waals surface area contributed by atoms with E-state index in [4.69, 9.17) is 15.6 Å². The number of unbranched alkanes of at least 4 members (excludes halogenated alkanes) is 3. The Balaban J connectivity index is 0.000000293. The highest BCUT2D eigenvalue weighted by molar-refractivity contribution is 4.60. The predicted molar refractivity (Wildman–Crippen MR) is 67.5 cm³/mol. The molecule has 0 saturated carbocycles. The number of aliphatic hydroxyl groups excluding tert-OH is 1. The Morgan fingerprint density at radius 3 is 2.38 bits per heavy atom. The van der Waals surface area contributed by atoms with Crippen LogP contribution < -0.4 is 5.73 Å². The summed E-state index contributed by atoms with van der Waals surface area (Å²) in [5.41, 5.74) is 5.38. The number of aliphatic hydroxyl groups is 1. The van der Waals surface area contributed by atoms with E-state index in [1.165, 1.54) is 19.3 Å². The predicted octanol–water partition coefficient (Wildman–Crippen LogP) is 0.836. The molecule has 1 aliphatic rings. The van der Waals surface area contributed by atoms with Gasteiger partial charge in [-0.3, -0.25) is 4.90 Å². The minimum absolute atomic E-state index is 0.361. The van der Waals surface area contributed by atoms with Gasteiger partial charge in [-0.1, -0.05) is 26.2 Å². The summed E-state index contributed by atoms with van der Waals surface area (Å²) in [6, 6.07) is 0. The molecule has 4 heteroatoms. The molecular weight excluding hydrogens is 204 g/mol. The number of hydrogen-bond donors (Lipinski definition) is 2. The van der Waals surface area contributed by atoms with Crippen LogP contribution in [0.15, 0.2) is 0 Å². The number of morpholine rings is 1. The molecule has 0 spiro atoms. The number of nitrogens with two attached hydrogens (primary N) is 1. The van der Waals surface area contributed by atoms with Crippen LogP contribution in [0.4, 0.5) is 0 Å². The summed E-state index contributed by atoms with van der Waals surface area (Å²) >= 11 is 0. The molecule has 3 N–H and O–H groups in total. The largest absolute Gasteiger partial charge is 0.396 e. The van der Waals surface area contributed by atoms with Crippen LogP contribution in [0, 0.1) is 0 Å². The van der Waals surface area contributed by atoms with Gasteiger partial charge in [0.15, 0.2) is 0 Å². The van der Waals surface area contributed by atoms with Gasteiger partial charge in [0.25, 0.3) is 0 Å². The average molecular weight is 232 g/mol. The molecular formula is C12H28N2O2. The van der Waals surface area contributed by atoms with E-state index in [9.17, 15) is 0 Å². The highest BCUT2D eigenvalue weighted by Crippen LogP contribution is 1.96. The molecule has 0 aromatic carbocycles. The van der Waals surface area contributed by atoms with Crippen molar-refractivity contribution < 1.29 is 9.84 Å². The Labute approximate surface area is 99.8 Å². The van der Waals surface area contributed by atoms with Gasteiger partial charge in [-0.05, 0) is 6.42 Å². The van der Waals surface area contributed by atoms with Crippen molar-refractivity contribution >= 4 is 0 Å². The fraction of sp³-hybridized carbons (Fsp3) is 1.00. The standard InChI is InChI=1S/C6H14N2O.C6H14O/c7-1-2-8-3-5-9-6-4-8;1-2-3-4-5-6-7/h1-7H2;7H,2-6H2,1H3. The first kappa shape index (κ1) is 15.8. The summed E-state index contributed by atoms with van der Waals surface area (Å²) in [7, 11) is 0. The van der Waals surface area contributed by atoms with Gasteiger partial charge in [0.05, 0.1) is 13.2 Å². The van der Waals surface area contributed by atoms with Crippen molar-refractivity contribution in [2.45, 2.75) is 32.6 Å². The van der Waals surface area contributed by atoms with Crippen molar-refractivity contribution in [3.8, 4) is 0 Å². The summed E-state index contributed by atoms with van der Waals surface area (Å²) in [6.07, 6.45) is 4.68. The molecule has 1 aliphatic heterocycles. The quantitative estimate of drug-likeness (QED) is 0.666. The van der Waals surface area contributed by atoms with Crippen LogP contribution in [0.5, 0.6) is 0 Å². The molecule has 0 aliphatic carbocycles. The summed E-state index contributed by atoms with van der Waals surface area (Å²) in [5.74, 6) is 0. The number of ether oxygens (including phenoxy) is 1. The Kier molecular flexibility index (Phi) is 12.8. The lowest BCUT2D eigenvalue weighted by atomic mass is 10.2. The van der Waals surface area contributed by atoms with Gasteiger partial charge in [-0.2, -0.15) is 0 Å². The van der Waals surface area contributed by atoms with Gasteiger partial charge in [-0.25, -0.2) is 0 Å². The van der Waals surface area contributed by atoms with Crippen LogP contribution in [0.25, 0.3) is 0 Å². The molecule has 0 atom stereocenters. The molecule has 4 nitrogen and oxygen atoms in total. The Morgan fingerprint density at radius 1 is 1.19 bits per heavy atom. The van der Waals surface area contributed by atoms with Crippen LogP contribution in [0.2, 0.25) is 0 Å². The molecule has 0 aromatic rings. The van der Waals surface area contributed by atoms with Gasteiger partial charge in [0.1, 0.15) is 0 Å². The molecule has 0 bridgehead atoms. The number of rotatable bonds is 6. The Hall–Kier alpha value is -0.160. The maximum absolute atomic E-state index is 8.29. The van der Waals surface area contributed by atoms with E-state index >= 15 is 0 Å². The number of nitrogens with zero attached hydrogens (tertiary/aromatic N) is 1. The monoisotopic (exact) mass is 232 g/mol. The topological polar surface area (TPSA) is 58.7 Å². The highest BCUT2D eigenvalue weighted by atomic mass is 16.5. The summed E-state index contributed by atoms with van der Waals surface area (Å²) in [4.78, 5) is 2.32. The third-order valence-corrected chi connectivity index (χ3v) is 2.56. The zero-order valence-corrected chi connectivity index (χ0v) is 10.7. The fourth-order valence-electron chi connectivity index (χ4n) is 1.55. The van der Waals surface area contributed by atoms with Crippen molar-refractivity contribution in [2.24, 2.45) is 5.73 Å². The first-order valence-electron chi connectivity index (χ1n) is 6.46. The summed E-state index contributed by atoms with van der Waals surface area (Å²) < 4.78 is 5.16. The van der Waals surface area contributed by atoms with Crippen LogP contribution in [0.1, 0.15) is 32.6 Å². The van der Waals surface area contributed by atoms with Crippen molar-refractivity contribution in [3.63, 3.8) is 0 Å². The molecule has 98 valence electrons. The third-order valence-electron chi connectivity index (χ3n) is 2.56. The summed E-state index contributed by atoms with van der Waals surface area (Å²) in [5, 5.41) is 8.29. The zero-order chi connectivity index (χ0) is 12.1. The molecule has 1 fully saturated rings. The first-order chi connectivity index (χ1) is 7.85. The van der Waals surface area contributed by atoms with Gasteiger partial charge >= 0.3 is 0 Å². The van der Waals surface area contributed by atoms with Gasteiger partial charge in [0.2, 0.25) is 0 Å². The van der Waals surface area contributed by atoms with E-state index in [-0.39, 0.29) is 0 Å². The van der Waals surface area contributed by atoms with Crippen molar-refractivity contribution in [1.29, 1.82) is 0 Å². The minimum atomic E-state index is 0.361. The van der Waals surface area contributed by atoms with Crippen LogP contribution >= 0.6 is 0 Å². The first-order valence-corrected chi connectivity index (χ1v) is 6.46. The van der Waals surface area contributed by atoms with Crippen LogP contribution in [-0.2, 0) is 4.74 Å². The highest BCUT2D eigenvalue weighted by Gasteiger charge is 2.07. The zero-order valence-electron chi connectivity index (χ0n) is 10.7. The molecule has 16 heavy (non-hydrogen) atoms. The van der Waals surface area contributed by atoms with E-state index in [0.29, 0.717) is 6.61 Å². The van der Waals surface area contributed by atoms with Crippen molar-refractivity contribution in [3.05, 3.63) is 0 Å². The lowest BCUT2D eigenvalue weighted by molar-refractivity contribution is 0.0394. The lowest BCUT2D eigenvalue weighted by Crippen LogP contribution is -2.39. The maximum atomic E-state index is 8.29. The second-order valence-electron chi connectivity index (χ2n) is 4.03. The van der Waals surface area contributed by atoms with E-state index in [1.807, 2.05) is 0 Å². The van der Waals surface area contributed by atoms with E-state index in [0.717, 1.165) is 45.8 Å². The third kappa shape index (κ3) is 10.4. The SMILES string of the molecule is CCCCCCO.NCCN1CCOCC1. The minimum Gasteiger partial charge on any atom is -0.396 e. The second kappa shape index (κ2) is 12.9. The average Bonchev–Trinajstić information content (AvgIpc) is 2.32.